The second-order valence-corrected chi connectivity index (χ2v) is 8.86. The van der Waals surface area contributed by atoms with Crippen LogP contribution in [0.1, 0.15) is 35.6 Å². The van der Waals surface area contributed by atoms with E-state index in [1.54, 1.807) is 6.07 Å². The van der Waals surface area contributed by atoms with E-state index in [0.29, 0.717) is 5.69 Å². The molecule has 3 rings (SSSR count). The Labute approximate surface area is 153 Å². The van der Waals surface area contributed by atoms with Crippen LogP contribution in [0.15, 0.2) is 41.3 Å². The molecular formula is C19H22N2O4S. The number of nitrogens with zero attached hydrogens (tertiary/aromatic N) is 2. The van der Waals surface area contributed by atoms with Gasteiger partial charge >= 0.3 is 0 Å². The molecular weight excluding hydrogens is 352 g/mol. The number of hydrogen-bond acceptors (Lipinski definition) is 5. The highest BCUT2D eigenvalue weighted by molar-refractivity contribution is 7.90. The van der Waals surface area contributed by atoms with Crippen LogP contribution in [0.3, 0.4) is 0 Å². The Morgan fingerprint density at radius 1 is 1.12 bits per heavy atom. The van der Waals surface area contributed by atoms with Crippen LogP contribution >= 0.6 is 0 Å². The van der Waals surface area contributed by atoms with Crippen molar-refractivity contribution in [2.24, 2.45) is 0 Å². The van der Waals surface area contributed by atoms with Crippen molar-refractivity contribution in [3.05, 3.63) is 63.2 Å². The fraction of sp³-hybridized carbons (Fsp3) is 0.368. The molecule has 0 aliphatic carbocycles. The van der Waals surface area contributed by atoms with E-state index in [9.17, 15) is 18.5 Å². The molecule has 1 heterocycles. The number of anilines is 1. The molecule has 1 atom stereocenters. The van der Waals surface area contributed by atoms with Crippen molar-refractivity contribution in [1.82, 2.24) is 0 Å². The Kier molecular flexibility index (Phi) is 4.75. The molecule has 1 saturated heterocycles. The first kappa shape index (κ1) is 18.4. The maximum atomic E-state index is 12.0. The molecule has 26 heavy (non-hydrogen) atoms. The van der Waals surface area contributed by atoms with Gasteiger partial charge in [0.05, 0.1) is 11.0 Å². The summed E-state index contributed by atoms with van der Waals surface area (Å²) in [5, 5.41) is 11.2. The van der Waals surface area contributed by atoms with Crippen molar-refractivity contribution >= 4 is 21.2 Å². The van der Waals surface area contributed by atoms with Crippen molar-refractivity contribution in [2.45, 2.75) is 37.6 Å². The molecule has 1 fully saturated rings. The van der Waals surface area contributed by atoms with Gasteiger partial charge in [0.15, 0.2) is 9.84 Å². The van der Waals surface area contributed by atoms with Gasteiger partial charge in [-0.05, 0) is 55.5 Å². The molecule has 0 radical (unpaired) electrons. The molecule has 6 nitrogen and oxygen atoms in total. The third-order valence-corrected chi connectivity index (χ3v) is 6.17. The van der Waals surface area contributed by atoms with Crippen molar-refractivity contribution in [2.75, 3.05) is 17.7 Å². The predicted octanol–water partition coefficient (Wildman–Crippen LogP) is 3.96. The molecule has 2 aromatic carbocycles. The van der Waals surface area contributed by atoms with Gasteiger partial charge in [0.2, 0.25) is 0 Å². The number of nitro benzene ring substituents is 1. The Hall–Kier alpha value is -2.41. The highest BCUT2D eigenvalue weighted by Gasteiger charge is 2.29. The predicted molar refractivity (Wildman–Crippen MR) is 101 cm³/mol. The largest absolute Gasteiger partial charge is 0.364 e. The van der Waals surface area contributed by atoms with E-state index in [0.717, 1.165) is 25.6 Å². The monoisotopic (exact) mass is 374 g/mol. The van der Waals surface area contributed by atoms with Crippen LogP contribution in [-0.2, 0) is 9.84 Å². The average molecular weight is 374 g/mol. The molecule has 2 aromatic rings. The summed E-state index contributed by atoms with van der Waals surface area (Å²) >= 11 is 0. The lowest BCUT2D eigenvalue weighted by Crippen LogP contribution is -2.23. The van der Waals surface area contributed by atoms with Crippen LogP contribution in [0.4, 0.5) is 11.4 Å². The van der Waals surface area contributed by atoms with Gasteiger partial charge in [-0.3, -0.25) is 10.1 Å². The number of sulfone groups is 1. The first-order valence-electron chi connectivity index (χ1n) is 8.51. The Bertz CT molecular complexity index is 969. The van der Waals surface area contributed by atoms with E-state index < -0.39 is 14.8 Å². The van der Waals surface area contributed by atoms with Gasteiger partial charge in [-0.15, -0.1) is 0 Å². The average Bonchev–Trinajstić information content (AvgIpc) is 3.05. The SMILES string of the molecule is Cc1ccc(C2CCCN2c2ccc([N+](=O)[O-])c(S(C)(=O)=O)c2)cc1C. The van der Waals surface area contributed by atoms with E-state index in [1.807, 2.05) is 0 Å². The Balaban J connectivity index is 2.04. The summed E-state index contributed by atoms with van der Waals surface area (Å²) < 4.78 is 24.1. The Morgan fingerprint density at radius 3 is 2.46 bits per heavy atom. The minimum Gasteiger partial charge on any atom is -0.364 e. The zero-order chi connectivity index (χ0) is 19.1. The molecule has 1 aliphatic heterocycles. The molecule has 0 spiro atoms. The van der Waals surface area contributed by atoms with Crippen molar-refractivity contribution in [3.63, 3.8) is 0 Å². The zero-order valence-electron chi connectivity index (χ0n) is 15.1. The summed E-state index contributed by atoms with van der Waals surface area (Å²) in [7, 11) is -3.69. The van der Waals surface area contributed by atoms with Gasteiger partial charge in [0.1, 0.15) is 4.90 Å². The van der Waals surface area contributed by atoms with E-state index in [1.165, 1.54) is 28.8 Å². The summed E-state index contributed by atoms with van der Waals surface area (Å²) in [5.41, 5.74) is 3.96. The second-order valence-electron chi connectivity index (χ2n) is 6.88. The third kappa shape index (κ3) is 3.44. The number of hydrogen-bond donors (Lipinski definition) is 0. The smallest absolute Gasteiger partial charge is 0.288 e. The summed E-state index contributed by atoms with van der Waals surface area (Å²) in [4.78, 5) is 12.4. The number of benzene rings is 2. The van der Waals surface area contributed by atoms with Gasteiger partial charge in [-0.1, -0.05) is 18.2 Å². The maximum Gasteiger partial charge on any atom is 0.288 e. The normalized spacial score (nSPS) is 17.5. The van der Waals surface area contributed by atoms with Crippen LogP contribution < -0.4 is 4.90 Å². The summed E-state index contributed by atoms with van der Waals surface area (Å²) in [6.45, 7) is 4.94. The molecule has 1 unspecified atom stereocenters. The minimum atomic E-state index is -3.69. The quantitative estimate of drug-likeness (QED) is 0.598. The summed E-state index contributed by atoms with van der Waals surface area (Å²) in [5.74, 6) is 0. The fourth-order valence-corrected chi connectivity index (χ4v) is 4.38. The second kappa shape index (κ2) is 6.72. The molecule has 0 saturated carbocycles. The third-order valence-electron chi connectivity index (χ3n) is 5.04. The number of nitro groups is 1. The summed E-state index contributed by atoms with van der Waals surface area (Å²) in [6.07, 6.45) is 2.96. The highest BCUT2D eigenvalue weighted by Crippen LogP contribution is 2.39. The van der Waals surface area contributed by atoms with Gasteiger partial charge in [0.25, 0.3) is 5.69 Å². The highest BCUT2D eigenvalue weighted by atomic mass is 32.2. The minimum absolute atomic E-state index is 0.142. The van der Waals surface area contributed by atoms with Crippen molar-refractivity contribution in [3.8, 4) is 0 Å². The van der Waals surface area contributed by atoms with Crippen LogP contribution in [0.2, 0.25) is 0 Å². The number of rotatable bonds is 4. The molecule has 1 aliphatic rings. The first-order valence-corrected chi connectivity index (χ1v) is 10.4. The van der Waals surface area contributed by atoms with E-state index in [4.69, 9.17) is 0 Å². The Morgan fingerprint density at radius 2 is 1.85 bits per heavy atom. The molecule has 138 valence electrons. The lowest BCUT2D eigenvalue weighted by Gasteiger charge is -2.28. The van der Waals surface area contributed by atoms with Crippen molar-refractivity contribution in [1.29, 1.82) is 0 Å². The van der Waals surface area contributed by atoms with Gasteiger partial charge in [-0.2, -0.15) is 0 Å². The van der Waals surface area contributed by atoms with E-state index in [-0.39, 0.29) is 16.6 Å². The van der Waals surface area contributed by atoms with E-state index in [2.05, 4.69) is 36.9 Å². The van der Waals surface area contributed by atoms with Crippen LogP contribution in [0.25, 0.3) is 0 Å². The topological polar surface area (TPSA) is 80.5 Å². The van der Waals surface area contributed by atoms with Gasteiger partial charge < -0.3 is 4.90 Å². The molecule has 0 aromatic heterocycles. The lowest BCUT2D eigenvalue weighted by atomic mass is 9.99. The lowest BCUT2D eigenvalue weighted by molar-refractivity contribution is -0.387. The molecule has 0 N–H and O–H groups in total. The maximum absolute atomic E-state index is 12.0. The molecule has 7 heteroatoms. The number of aryl methyl sites for hydroxylation is 2. The van der Waals surface area contributed by atoms with E-state index >= 15 is 0 Å². The standard InChI is InChI=1S/C19H22N2O4S/c1-13-6-7-15(11-14(13)2)17-5-4-10-20(17)16-8-9-18(21(22)23)19(12-16)26(3,24)25/h6-9,11-12,17H,4-5,10H2,1-3H3. The van der Waals surface area contributed by atoms with Crippen LogP contribution in [-0.4, -0.2) is 26.1 Å². The van der Waals surface area contributed by atoms with Gasteiger partial charge in [0, 0.05) is 24.6 Å². The van der Waals surface area contributed by atoms with Crippen LogP contribution in [0.5, 0.6) is 0 Å². The molecule has 0 amide bonds. The summed E-state index contributed by atoms with van der Waals surface area (Å²) in [6, 6.07) is 10.9. The first-order chi connectivity index (χ1) is 12.2. The zero-order valence-corrected chi connectivity index (χ0v) is 15.9. The van der Waals surface area contributed by atoms with Gasteiger partial charge in [-0.25, -0.2) is 8.42 Å². The van der Waals surface area contributed by atoms with Crippen LogP contribution in [0, 0.1) is 24.0 Å². The van der Waals surface area contributed by atoms with Crippen molar-refractivity contribution < 1.29 is 13.3 Å². The fourth-order valence-electron chi connectivity index (χ4n) is 3.52. The molecule has 0 bridgehead atoms.